The van der Waals surface area contributed by atoms with Crippen LogP contribution in [0.1, 0.15) is 17.2 Å². The first kappa shape index (κ1) is 13.0. The first-order valence-corrected chi connectivity index (χ1v) is 6.02. The van der Waals surface area contributed by atoms with Crippen molar-refractivity contribution in [3.63, 3.8) is 0 Å². The summed E-state index contributed by atoms with van der Waals surface area (Å²) < 4.78 is 4.80. The third kappa shape index (κ3) is 3.52. The van der Waals surface area contributed by atoms with Gasteiger partial charge in [0, 0.05) is 6.21 Å². The summed E-state index contributed by atoms with van der Waals surface area (Å²) in [6.45, 7) is 0. The van der Waals surface area contributed by atoms with Gasteiger partial charge in [0.2, 0.25) is 0 Å². The predicted octanol–water partition coefficient (Wildman–Crippen LogP) is 3.02. The fourth-order valence-electron chi connectivity index (χ4n) is 1.73. The van der Waals surface area contributed by atoms with Crippen LogP contribution < -0.4 is 0 Å². The van der Waals surface area contributed by atoms with Crippen molar-refractivity contribution in [3.05, 3.63) is 71.8 Å². The molecule has 0 aromatic heterocycles. The molecule has 0 fully saturated rings. The number of ether oxygens (including phenoxy) is 1. The van der Waals surface area contributed by atoms with Gasteiger partial charge in [-0.1, -0.05) is 60.7 Å². The van der Waals surface area contributed by atoms with Crippen LogP contribution in [-0.2, 0) is 9.53 Å². The summed E-state index contributed by atoms with van der Waals surface area (Å²) in [7, 11) is 1.37. The van der Waals surface area contributed by atoms with E-state index in [9.17, 15) is 4.79 Å². The number of methoxy groups -OCH3 is 1. The zero-order valence-electron chi connectivity index (χ0n) is 10.7. The lowest BCUT2D eigenvalue weighted by molar-refractivity contribution is -0.142. The monoisotopic (exact) mass is 253 g/mol. The Morgan fingerprint density at radius 2 is 1.63 bits per heavy atom. The van der Waals surface area contributed by atoms with Gasteiger partial charge in [0.05, 0.1) is 7.11 Å². The molecule has 0 heterocycles. The van der Waals surface area contributed by atoms with Gasteiger partial charge in [-0.05, 0) is 11.1 Å². The Balaban J connectivity index is 2.25. The molecular weight excluding hydrogens is 238 g/mol. The molecule has 3 nitrogen and oxygen atoms in total. The number of hydrogen-bond acceptors (Lipinski definition) is 3. The molecule has 0 bridgehead atoms. The van der Waals surface area contributed by atoms with Crippen molar-refractivity contribution < 1.29 is 9.53 Å². The summed E-state index contributed by atoms with van der Waals surface area (Å²) in [4.78, 5) is 16.1. The van der Waals surface area contributed by atoms with Crippen molar-refractivity contribution in [3.8, 4) is 0 Å². The van der Waals surface area contributed by atoms with Crippen LogP contribution in [0, 0.1) is 0 Å². The number of benzene rings is 2. The number of rotatable bonds is 4. The maximum absolute atomic E-state index is 11.8. The summed E-state index contributed by atoms with van der Waals surface area (Å²) >= 11 is 0. The average Bonchev–Trinajstić information content (AvgIpc) is 2.49. The molecule has 0 radical (unpaired) electrons. The number of carbonyl (C=O) groups excluding carboxylic acids is 1. The van der Waals surface area contributed by atoms with E-state index in [0.29, 0.717) is 0 Å². The summed E-state index contributed by atoms with van der Waals surface area (Å²) in [5.74, 6) is -0.363. The Morgan fingerprint density at radius 1 is 1.05 bits per heavy atom. The SMILES string of the molecule is COC(=O)[C@@H](N=Cc1ccccc1)c1ccccc1. The van der Waals surface area contributed by atoms with E-state index in [1.54, 1.807) is 6.21 Å². The van der Waals surface area contributed by atoms with Crippen LogP contribution in [-0.4, -0.2) is 19.3 Å². The van der Waals surface area contributed by atoms with Crippen molar-refractivity contribution in [1.29, 1.82) is 0 Å². The van der Waals surface area contributed by atoms with Gasteiger partial charge in [-0.3, -0.25) is 4.99 Å². The van der Waals surface area contributed by atoms with E-state index in [4.69, 9.17) is 4.74 Å². The van der Waals surface area contributed by atoms with E-state index in [-0.39, 0.29) is 5.97 Å². The Kier molecular flexibility index (Phi) is 4.45. The van der Waals surface area contributed by atoms with Gasteiger partial charge in [0.15, 0.2) is 6.04 Å². The van der Waals surface area contributed by atoms with E-state index in [1.807, 2.05) is 60.7 Å². The molecule has 0 unspecified atom stereocenters. The first-order valence-electron chi connectivity index (χ1n) is 6.02. The number of nitrogens with zero attached hydrogens (tertiary/aromatic N) is 1. The Bertz CT molecular complexity index is 549. The van der Waals surface area contributed by atoms with Gasteiger partial charge in [-0.2, -0.15) is 0 Å². The van der Waals surface area contributed by atoms with Crippen LogP contribution in [0.2, 0.25) is 0 Å². The predicted molar refractivity (Wildman–Crippen MR) is 75.2 cm³/mol. The van der Waals surface area contributed by atoms with E-state index < -0.39 is 6.04 Å². The zero-order valence-corrected chi connectivity index (χ0v) is 10.7. The molecule has 2 rings (SSSR count). The molecule has 0 saturated heterocycles. The lowest BCUT2D eigenvalue weighted by atomic mass is 10.1. The Hall–Kier alpha value is -2.42. The van der Waals surface area contributed by atoms with Crippen molar-refractivity contribution >= 4 is 12.2 Å². The first-order chi connectivity index (χ1) is 9.31. The molecule has 0 spiro atoms. The van der Waals surface area contributed by atoms with Crippen LogP contribution in [0.5, 0.6) is 0 Å². The van der Waals surface area contributed by atoms with Gasteiger partial charge in [-0.15, -0.1) is 0 Å². The van der Waals surface area contributed by atoms with E-state index >= 15 is 0 Å². The maximum Gasteiger partial charge on any atom is 0.335 e. The molecule has 0 amide bonds. The van der Waals surface area contributed by atoms with Gasteiger partial charge in [0.25, 0.3) is 0 Å². The minimum absolute atomic E-state index is 0.363. The number of hydrogen-bond donors (Lipinski definition) is 0. The summed E-state index contributed by atoms with van der Waals surface area (Å²) in [6.07, 6.45) is 1.69. The highest BCUT2D eigenvalue weighted by Gasteiger charge is 2.19. The van der Waals surface area contributed by atoms with Crippen molar-refractivity contribution in [2.75, 3.05) is 7.11 Å². The van der Waals surface area contributed by atoms with Gasteiger partial charge in [0.1, 0.15) is 0 Å². The van der Waals surface area contributed by atoms with Gasteiger partial charge >= 0.3 is 5.97 Å². The number of aliphatic imine (C=N–C) groups is 1. The van der Waals surface area contributed by atoms with E-state index in [0.717, 1.165) is 11.1 Å². The molecule has 0 saturated carbocycles. The minimum atomic E-state index is -0.619. The van der Waals surface area contributed by atoms with Crippen LogP contribution in [0.25, 0.3) is 0 Å². The molecule has 2 aromatic rings. The minimum Gasteiger partial charge on any atom is -0.467 e. The highest BCUT2D eigenvalue weighted by Crippen LogP contribution is 2.18. The highest BCUT2D eigenvalue weighted by atomic mass is 16.5. The second-order valence-corrected chi connectivity index (χ2v) is 4.03. The van der Waals surface area contributed by atoms with Gasteiger partial charge in [-0.25, -0.2) is 4.79 Å². The number of carbonyl (C=O) groups is 1. The van der Waals surface area contributed by atoms with E-state index in [2.05, 4.69) is 4.99 Å². The lowest BCUT2D eigenvalue weighted by Gasteiger charge is -2.10. The summed E-state index contributed by atoms with van der Waals surface area (Å²) in [5, 5.41) is 0. The summed E-state index contributed by atoms with van der Waals surface area (Å²) in [6, 6.07) is 18.4. The Labute approximate surface area is 112 Å². The number of esters is 1. The third-order valence-corrected chi connectivity index (χ3v) is 2.71. The third-order valence-electron chi connectivity index (χ3n) is 2.71. The molecule has 2 aromatic carbocycles. The van der Waals surface area contributed by atoms with Crippen molar-refractivity contribution in [2.24, 2.45) is 4.99 Å². The quantitative estimate of drug-likeness (QED) is 0.620. The standard InChI is InChI=1S/C16H15NO2/c1-19-16(18)15(14-10-6-3-7-11-14)17-12-13-8-4-2-5-9-13/h2-12,15H,1H3/t15-/m0/s1. The largest absolute Gasteiger partial charge is 0.467 e. The van der Waals surface area contributed by atoms with E-state index in [1.165, 1.54) is 7.11 Å². The fourth-order valence-corrected chi connectivity index (χ4v) is 1.73. The smallest absolute Gasteiger partial charge is 0.335 e. The lowest BCUT2D eigenvalue weighted by Crippen LogP contribution is -2.12. The molecule has 19 heavy (non-hydrogen) atoms. The van der Waals surface area contributed by atoms with Gasteiger partial charge < -0.3 is 4.74 Å². The normalized spacial score (nSPS) is 12.3. The molecule has 0 aliphatic heterocycles. The van der Waals surface area contributed by atoms with Crippen molar-refractivity contribution in [1.82, 2.24) is 0 Å². The molecule has 0 aliphatic carbocycles. The molecule has 96 valence electrons. The molecule has 0 N–H and O–H groups in total. The van der Waals surface area contributed by atoms with Crippen LogP contribution in [0.4, 0.5) is 0 Å². The van der Waals surface area contributed by atoms with Crippen LogP contribution in [0.15, 0.2) is 65.7 Å². The molecule has 1 atom stereocenters. The molecule has 3 heteroatoms. The molecule has 0 aliphatic rings. The second kappa shape index (κ2) is 6.50. The highest BCUT2D eigenvalue weighted by molar-refractivity contribution is 5.84. The Morgan fingerprint density at radius 3 is 2.21 bits per heavy atom. The second-order valence-electron chi connectivity index (χ2n) is 4.03. The van der Waals surface area contributed by atoms with Crippen LogP contribution in [0.3, 0.4) is 0 Å². The van der Waals surface area contributed by atoms with Crippen LogP contribution >= 0.6 is 0 Å². The fraction of sp³-hybridized carbons (Fsp3) is 0.125. The van der Waals surface area contributed by atoms with Crippen molar-refractivity contribution in [2.45, 2.75) is 6.04 Å². The zero-order chi connectivity index (χ0) is 13.5. The topological polar surface area (TPSA) is 38.7 Å². The maximum atomic E-state index is 11.8. The average molecular weight is 253 g/mol. The molecular formula is C16H15NO2. The summed E-state index contributed by atoms with van der Waals surface area (Å²) in [5.41, 5.74) is 1.77.